The molecule has 1 aromatic carbocycles. The number of hydrazine groups is 1. The first-order valence-electron chi connectivity index (χ1n) is 6.53. The predicted octanol–water partition coefficient (Wildman–Crippen LogP) is 2.17. The number of amides is 1. The summed E-state index contributed by atoms with van der Waals surface area (Å²) in [5, 5.41) is 6.14. The largest absolute Gasteiger partial charge is 0.364 e. The molecule has 1 amide bonds. The highest BCUT2D eigenvalue weighted by atomic mass is 32.2. The summed E-state index contributed by atoms with van der Waals surface area (Å²) >= 11 is 7.98. The van der Waals surface area contributed by atoms with Crippen molar-refractivity contribution in [1.82, 2.24) is 21.2 Å². The van der Waals surface area contributed by atoms with Crippen LogP contribution in [0.4, 0.5) is 0 Å². The van der Waals surface area contributed by atoms with Gasteiger partial charge in [0.25, 0.3) is 0 Å². The molecule has 8 heteroatoms. The van der Waals surface area contributed by atoms with E-state index >= 15 is 0 Å². The van der Waals surface area contributed by atoms with Crippen molar-refractivity contribution in [2.45, 2.75) is 5.75 Å². The molecule has 0 aliphatic rings. The van der Waals surface area contributed by atoms with E-state index in [0.29, 0.717) is 16.6 Å². The van der Waals surface area contributed by atoms with Gasteiger partial charge in [-0.1, -0.05) is 30.3 Å². The summed E-state index contributed by atoms with van der Waals surface area (Å²) in [7, 11) is 1.68. The molecule has 0 fully saturated rings. The number of thioether (sulfide) groups is 1. The highest BCUT2D eigenvalue weighted by Crippen LogP contribution is 2.23. The van der Waals surface area contributed by atoms with E-state index in [4.69, 9.17) is 12.2 Å². The fourth-order valence-electron chi connectivity index (χ4n) is 1.57. The summed E-state index contributed by atoms with van der Waals surface area (Å²) in [6.45, 7) is 0. The van der Waals surface area contributed by atoms with Crippen LogP contribution in [-0.4, -0.2) is 28.8 Å². The Morgan fingerprint density at radius 2 is 2.09 bits per heavy atom. The number of carbonyl (C=O) groups is 1. The van der Waals surface area contributed by atoms with Crippen LogP contribution in [0.2, 0.25) is 0 Å². The number of thiazole rings is 1. The van der Waals surface area contributed by atoms with Crippen molar-refractivity contribution >= 4 is 46.3 Å². The van der Waals surface area contributed by atoms with Gasteiger partial charge in [0.2, 0.25) is 5.91 Å². The average Bonchev–Trinajstić information content (AvgIpc) is 3.02. The van der Waals surface area contributed by atoms with Crippen LogP contribution in [-0.2, 0) is 10.5 Å². The topological polar surface area (TPSA) is 66.0 Å². The van der Waals surface area contributed by atoms with E-state index in [1.807, 2.05) is 35.7 Å². The van der Waals surface area contributed by atoms with E-state index in [2.05, 4.69) is 21.2 Å². The number of hydrogen-bond donors (Lipinski definition) is 3. The number of thiocarbonyl (C=S) groups is 1. The van der Waals surface area contributed by atoms with Gasteiger partial charge >= 0.3 is 0 Å². The Hall–Kier alpha value is -1.64. The second-order valence-corrected chi connectivity index (χ2v) is 6.57. The van der Waals surface area contributed by atoms with Crippen molar-refractivity contribution in [3.63, 3.8) is 0 Å². The van der Waals surface area contributed by atoms with E-state index in [-0.39, 0.29) is 5.91 Å². The van der Waals surface area contributed by atoms with Gasteiger partial charge in [0.05, 0.1) is 11.4 Å². The van der Waals surface area contributed by atoms with Gasteiger partial charge in [0.15, 0.2) is 5.11 Å². The lowest BCUT2D eigenvalue weighted by Crippen LogP contribution is -2.46. The molecule has 116 valence electrons. The maximum atomic E-state index is 11.6. The zero-order valence-electron chi connectivity index (χ0n) is 12.0. The fourth-order valence-corrected chi connectivity index (χ4v) is 3.33. The maximum Gasteiger partial charge on any atom is 0.248 e. The Balaban J connectivity index is 1.75. The molecular weight excluding hydrogens is 336 g/mol. The highest BCUT2D eigenvalue weighted by molar-refractivity contribution is 7.99. The van der Waals surface area contributed by atoms with Crippen LogP contribution < -0.4 is 16.2 Å². The summed E-state index contributed by atoms with van der Waals surface area (Å²) in [5.74, 6) is 0.934. The molecular formula is C14H16N4OS3. The number of rotatable bonds is 5. The number of carbonyl (C=O) groups excluding carboxylic acids is 1. The number of benzene rings is 1. The first-order chi connectivity index (χ1) is 10.7. The summed E-state index contributed by atoms with van der Waals surface area (Å²) in [6, 6.07) is 10.1. The number of nitrogens with one attached hydrogen (secondary N) is 3. The summed E-state index contributed by atoms with van der Waals surface area (Å²) < 4.78 is 0. The molecule has 2 aromatic rings. The Morgan fingerprint density at radius 3 is 2.82 bits per heavy atom. The Labute approximate surface area is 142 Å². The van der Waals surface area contributed by atoms with Crippen molar-refractivity contribution in [3.05, 3.63) is 40.7 Å². The van der Waals surface area contributed by atoms with Gasteiger partial charge in [-0.15, -0.1) is 23.1 Å². The quantitative estimate of drug-likeness (QED) is 0.566. The number of hydrogen-bond acceptors (Lipinski definition) is 5. The Morgan fingerprint density at radius 1 is 1.32 bits per heavy atom. The van der Waals surface area contributed by atoms with Gasteiger partial charge in [-0.2, -0.15) is 0 Å². The van der Waals surface area contributed by atoms with Crippen LogP contribution in [0.1, 0.15) is 5.01 Å². The molecule has 1 aromatic heterocycles. The van der Waals surface area contributed by atoms with Crippen molar-refractivity contribution in [3.8, 4) is 11.3 Å². The zero-order chi connectivity index (χ0) is 15.8. The molecule has 0 unspecified atom stereocenters. The van der Waals surface area contributed by atoms with Crippen LogP contribution in [0.3, 0.4) is 0 Å². The lowest BCUT2D eigenvalue weighted by atomic mass is 10.2. The van der Waals surface area contributed by atoms with E-state index in [1.165, 1.54) is 11.8 Å². The van der Waals surface area contributed by atoms with E-state index < -0.39 is 0 Å². The van der Waals surface area contributed by atoms with Crippen molar-refractivity contribution < 1.29 is 4.79 Å². The lowest BCUT2D eigenvalue weighted by Gasteiger charge is -2.07. The van der Waals surface area contributed by atoms with Crippen LogP contribution in [0.25, 0.3) is 11.3 Å². The second-order valence-electron chi connectivity index (χ2n) is 4.24. The van der Waals surface area contributed by atoms with E-state index in [0.717, 1.165) is 16.3 Å². The van der Waals surface area contributed by atoms with Gasteiger partial charge in [0.1, 0.15) is 5.01 Å². The Bertz CT molecular complexity index is 630. The molecule has 0 aliphatic carbocycles. The number of nitrogens with zero attached hydrogens (tertiary/aromatic N) is 1. The van der Waals surface area contributed by atoms with Crippen LogP contribution in [0.15, 0.2) is 35.7 Å². The maximum absolute atomic E-state index is 11.6. The molecule has 5 nitrogen and oxygen atoms in total. The normalized spacial score (nSPS) is 10.0. The molecule has 0 atom stereocenters. The summed E-state index contributed by atoms with van der Waals surface area (Å²) in [5.41, 5.74) is 7.21. The van der Waals surface area contributed by atoms with Crippen molar-refractivity contribution in [1.29, 1.82) is 0 Å². The lowest BCUT2D eigenvalue weighted by molar-refractivity contribution is -0.119. The summed E-state index contributed by atoms with van der Waals surface area (Å²) in [4.78, 5) is 16.2. The minimum Gasteiger partial charge on any atom is -0.364 e. The van der Waals surface area contributed by atoms with Crippen LogP contribution >= 0.6 is 35.3 Å². The molecule has 0 saturated heterocycles. The van der Waals surface area contributed by atoms with Gasteiger partial charge in [-0.25, -0.2) is 4.98 Å². The van der Waals surface area contributed by atoms with Crippen molar-refractivity contribution in [2.75, 3.05) is 12.8 Å². The summed E-state index contributed by atoms with van der Waals surface area (Å²) in [6.07, 6.45) is 0. The minimum atomic E-state index is -0.123. The molecule has 1 heterocycles. The zero-order valence-corrected chi connectivity index (χ0v) is 14.4. The first-order valence-corrected chi connectivity index (χ1v) is 8.97. The third-order valence-electron chi connectivity index (χ3n) is 2.62. The Kier molecular flexibility index (Phi) is 6.63. The predicted molar refractivity (Wildman–Crippen MR) is 96.6 cm³/mol. The third-order valence-corrected chi connectivity index (χ3v) is 4.90. The van der Waals surface area contributed by atoms with Crippen LogP contribution in [0, 0.1) is 0 Å². The van der Waals surface area contributed by atoms with Gasteiger partial charge < -0.3 is 5.32 Å². The molecule has 22 heavy (non-hydrogen) atoms. The molecule has 2 rings (SSSR count). The first kappa shape index (κ1) is 16.7. The van der Waals surface area contributed by atoms with Crippen molar-refractivity contribution in [2.24, 2.45) is 0 Å². The molecule has 0 aliphatic heterocycles. The SMILES string of the molecule is CNC(=S)NNC(=O)CSCc1nc(-c2ccccc2)cs1. The molecule has 0 saturated carbocycles. The van der Waals surface area contributed by atoms with E-state index in [9.17, 15) is 4.79 Å². The second kappa shape index (κ2) is 8.72. The van der Waals surface area contributed by atoms with Gasteiger partial charge in [-0.3, -0.25) is 15.6 Å². The average molecular weight is 353 g/mol. The molecule has 0 radical (unpaired) electrons. The van der Waals surface area contributed by atoms with Gasteiger partial charge in [0, 0.05) is 23.7 Å². The third kappa shape index (κ3) is 5.28. The molecule has 3 N–H and O–H groups in total. The fraction of sp³-hybridized carbons (Fsp3) is 0.214. The highest BCUT2D eigenvalue weighted by Gasteiger charge is 2.06. The molecule has 0 bridgehead atoms. The minimum absolute atomic E-state index is 0.123. The number of aromatic nitrogens is 1. The standard InChI is InChI=1S/C14H16N4OS3/c1-15-14(20)18-17-12(19)8-21-9-13-16-11(7-22-13)10-5-3-2-4-6-10/h2-7H,8-9H2,1H3,(H,17,19)(H2,15,18,20). The smallest absolute Gasteiger partial charge is 0.248 e. The monoisotopic (exact) mass is 352 g/mol. The van der Waals surface area contributed by atoms with Crippen LogP contribution in [0.5, 0.6) is 0 Å². The molecule has 0 spiro atoms. The van der Waals surface area contributed by atoms with E-state index in [1.54, 1.807) is 18.4 Å². The van der Waals surface area contributed by atoms with Gasteiger partial charge in [-0.05, 0) is 12.2 Å².